The number of carbonyl (C=O) groups is 1. The fourth-order valence-electron chi connectivity index (χ4n) is 1.11. The summed E-state index contributed by atoms with van der Waals surface area (Å²) in [5.41, 5.74) is 0.629. The van der Waals surface area contributed by atoms with Crippen molar-refractivity contribution >= 4 is 39.1 Å². The molecule has 0 unspecified atom stereocenters. The van der Waals surface area contributed by atoms with Gasteiger partial charge in [-0.25, -0.2) is 0 Å². The zero-order valence-corrected chi connectivity index (χ0v) is 11.8. The second-order valence-corrected chi connectivity index (χ2v) is 4.57. The molecule has 18 heavy (non-hydrogen) atoms. The number of halogens is 2. The number of hydrogen-bond acceptors (Lipinski definition) is 3. The predicted octanol–water partition coefficient (Wildman–Crippen LogP) is 2.62. The number of carbonyl (C=O) groups excluding carboxylic acids is 1. The van der Waals surface area contributed by atoms with E-state index in [1.165, 1.54) is 6.20 Å². The largest absolute Gasteiger partial charge is 0.388 e. The van der Waals surface area contributed by atoms with Gasteiger partial charge in [0.15, 0.2) is 0 Å². The predicted molar refractivity (Wildman–Crippen MR) is 75.2 cm³/mol. The van der Waals surface area contributed by atoms with E-state index in [0.29, 0.717) is 18.1 Å². The minimum Gasteiger partial charge on any atom is -0.388 e. The van der Waals surface area contributed by atoms with Crippen LogP contribution in [0.4, 0.5) is 5.69 Å². The smallest absolute Gasteiger partial charge is 0.267 e. The summed E-state index contributed by atoms with van der Waals surface area (Å²) < 4.78 is 0.917. The highest BCUT2D eigenvalue weighted by atomic mass is 79.9. The van der Waals surface area contributed by atoms with Crippen LogP contribution in [0.5, 0.6) is 0 Å². The molecule has 0 heterocycles. The van der Waals surface area contributed by atoms with Crippen LogP contribution in [-0.2, 0) is 4.79 Å². The summed E-state index contributed by atoms with van der Waals surface area (Å²) in [6.07, 6.45) is 1.36. The second-order valence-electron chi connectivity index (χ2n) is 3.27. The molecule has 0 fully saturated rings. The summed E-state index contributed by atoms with van der Waals surface area (Å²) in [4.78, 5) is 11.7. The summed E-state index contributed by atoms with van der Waals surface area (Å²) in [5, 5.41) is 14.3. The Morgan fingerprint density at radius 2 is 2.11 bits per heavy atom. The average molecular weight is 329 g/mol. The van der Waals surface area contributed by atoms with E-state index in [4.69, 9.17) is 16.9 Å². The van der Waals surface area contributed by atoms with Gasteiger partial charge in [-0.15, -0.1) is 11.6 Å². The van der Waals surface area contributed by atoms with Crippen LogP contribution in [0.15, 0.2) is 40.5 Å². The van der Waals surface area contributed by atoms with Crippen LogP contribution >= 0.6 is 27.5 Å². The Balaban J connectivity index is 2.66. The number of amides is 1. The number of benzene rings is 1. The minimum atomic E-state index is -0.457. The molecule has 0 spiro atoms. The van der Waals surface area contributed by atoms with E-state index >= 15 is 0 Å². The zero-order valence-electron chi connectivity index (χ0n) is 9.41. The maximum atomic E-state index is 11.7. The molecule has 4 nitrogen and oxygen atoms in total. The third-order valence-corrected chi connectivity index (χ3v) is 2.67. The lowest BCUT2D eigenvalue weighted by Gasteiger charge is -2.04. The first-order valence-electron chi connectivity index (χ1n) is 5.14. The molecule has 2 N–H and O–H groups in total. The number of anilines is 1. The van der Waals surface area contributed by atoms with Gasteiger partial charge >= 0.3 is 0 Å². The molecule has 0 atom stereocenters. The van der Waals surface area contributed by atoms with E-state index in [9.17, 15) is 4.79 Å². The molecule has 0 saturated heterocycles. The van der Waals surface area contributed by atoms with Gasteiger partial charge in [0.25, 0.3) is 5.91 Å². The normalized spacial score (nSPS) is 10.6. The maximum absolute atomic E-state index is 11.7. The fourth-order valence-corrected chi connectivity index (χ4v) is 1.48. The molecule has 0 bridgehead atoms. The van der Waals surface area contributed by atoms with Crippen molar-refractivity contribution in [1.29, 1.82) is 5.26 Å². The van der Waals surface area contributed by atoms with E-state index in [1.54, 1.807) is 24.3 Å². The van der Waals surface area contributed by atoms with Crippen molar-refractivity contribution in [3.05, 3.63) is 40.5 Å². The number of hydrogen-bond donors (Lipinski definition) is 2. The highest BCUT2D eigenvalue weighted by Crippen LogP contribution is 2.14. The van der Waals surface area contributed by atoms with Crippen LogP contribution in [0.1, 0.15) is 0 Å². The molecule has 0 aliphatic heterocycles. The monoisotopic (exact) mass is 327 g/mol. The average Bonchev–Trinajstić information content (AvgIpc) is 2.37. The van der Waals surface area contributed by atoms with E-state index in [-0.39, 0.29) is 5.57 Å². The van der Waals surface area contributed by atoms with Gasteiger partial charge in [-0.1, -0.05) is 15.9 Å². The molecule has 94 valence electrons. The lowest BCUT2D eigenvalue weighted by molar-refractivity contribution is -0.112. The van der Waals surface area contributed by atoms with Gasteiger partial charge < -0.3 is 10.6 Å². The Labute approximate surface area is 119 Å². The number of nitrogens with zero attached hydrogens (tertiary/aromatic N) is 1. The Kier molecular flexibility index (Phi) is 6.26. The van der Waals surface area contributed by atoms with Crippen molar-refractivity contribution < 1.29 is 4.79 Å². The van der Waals surface area contributed by atoms with Crippen molar-refractivity contribution in [3.63, 3.8) is 0 Å². The van der Waals surface area contributed by atoms with Gasteiger partial charge in [0, 0.05) is 28.8 Å². The van der Waals surface area contributed by atoms with E-state index in [1.807, 2.05) is 6.07 Å². The van der Waals surface area contributed by atoms with Gasteiger partial charge in [-0.2, -0.15) is 5.26 Å². The van der Waals surface area contributed by atoms with Crippen LogP contribution in [0.2, 0.25) is 0 Å². The highest BCUT2D eigenvalue weighted by molar-refractivity contribution is 9.10. The van der Waals surface area contributed by atoms with Gasteiger partial charge in [0.2, 0.25) is 0 Å². The molecule has 0 radical (unpaired) electrons. The van der Waals surface area contributed by atoms with Crippen LogP contribution in [0.25, 0.3) is 0 Å². The molecule has 0 saturated carbocycles. The Bertz CT molecular complexity index is 479. The van der Waals surface area contributed by atoms with Crippen molar-refractivity contribution in [1.82, 2.24) is 5.32 Å². The first kappa shape index (κ1) is 14.6. The summed E-state index contributed by atoms with van der Waals surface area (Å²) in [7, 11) is 0. The third-order valence-electron chi connectivity index (χ3n) is 1.95. The zero-order chi connectivity index (χ0) is 13.4. The molecule has 1 aromatic carbocycles. The third kappa shape index (κ3) is 4.78. The number of rotatable bonds is 5. The van der Waals surface area contributed by atoms with Crippen molar-refractivity contribution in [2.45, 2.75) is 0 Å². The van der Waals surface area contributed by atoms with Crippen molar-refractivity contribution in [2.24, 2.45) is 0 Å². The molecule has 1 aromatic rings. The molecule has 1 amide bonds. The quantitative estimate of drug-likeness (QED) is 0.378. The van der Waals surface area contributed by atoms with E-state index in [2.05, 4.69) is 26.6 Å². The van der Waals surface area contributed by atoms with Crippen LogP contribution in [0, 0.1) is 11.3 Å². The molecular formula is C12H11BrClN3O. The summed E-state index contributed by atoms with van der Waals surface area (Å²) in [6, 6.07) is 8.91. The lowest BCUT2D eigenvalue weighted by atomic mass is 10.2. The lowest BCUT2D eigenvalue weighted by Crippen LogP contribution is -2.17. The first-order valence-corrected chi connectivity index (χ1v) is 6.46. The molecule has 1 rings (SSSR count). The van der Waals surface area contributed by atoms with E-state index < -0.39 is 5.91 Å². The Hall–Kier alpha value is -1.51. The molecule has 0 aliphatic rings. The Morgan fingerprint density at radius 3 is 2.67 bits per heavy atom. The van der Waals surface area contributed by atoms with E-state index in [0.717, 1.165) is 4.47 Å². The molecule has 0 aromatic heterocycles. The summed E-state index contributed by atoms with van der Waals surface area (Å²) in [5.74, 6) is -0.0503. The van der Waals surface area contributed by atoms with Gasteiger partial charge in [-0.3, -0.25) is 4.79 Å². The Morgan fingerprint density at radius 1 is 1.44 bits per heavy atom. The second kappa shape index (κ2) is 7.75. The van der Waals surface area contributed by atoms with Gasteiger partial charge in [0.05, 0.1) is 0 Å². The van der Waals surface area contributed by atoms with Crippen LogP contribution in [0.3, 0.4) is 0 Å². The number of nitriles is 1. The molecule has 0 aliphatic carbocycles. The number of alkyl halides is 1. The summed E-state index contributed by atoms with van der Waals surface area (Å²) in [6.45, 7) is 0.498. The fraction of sp³-hybridized carbons (Fsp3) is 0.167. The van der Waals surface area contributed by atoms with Gasteiger partial charge in [0.1, 0.15) is 11.6 Å². The highest BCUT2D eigenvalue weighted by Gasteiger charge is 2.08. The topological polar surface area (TPSA) is 64.9 Å². The van der Waals surface area contributed by atoms with Gasteiger partial charge in [-0.05, 0) is 24.3 Å². The van der Waals surface area contributed by atoms with Crippen molar-refractivity contribution in [2.75, 3.05) is 17.7 Å². The minimum absolute atomic E-state index is 0.00281. The standard InChI is InChI=1S/C12H11BrClN3O/c13-10-1-3-11(4-2-10)17-12(18)9(7-15)8-16-6-5-14/h1-4,8,16H,5-6H2,(H,17,18)/b9-8-. The van der Waals surface area contributed by atoms with Crippen LogP contribution in [-0.4, -0.2) is 18.3 Å². The maximum Gasteiger partial charge on any atom is 0.267 e. The first-order chi connectivity index (χ1) is 8.67. The van der Waals surface area contributed by atoms with Crippen molar-refractivity contribution in [3.8, 4) is 6.07 Å². The SMILES string of the molecule is N#C/C(=C/NCCCl)C(=O)Nc1ccc(Br)cc1. The molecular weight excluding hydrogens is 318 g/mol. The number of nitrogens with one attached hydrogen (secondary N) is 2. The summed E-state index contributed by atoms with van der Waals surface area (Å²) >= 11 is 8.77. The molecule has 6 heteroatoms. The van der Waals surface area contributed by atoms with Crippen LogP contribution < -0.4 is 10.6 Å².